The van der Waals surface area contributed by atoms with Crippen LogP contribution in [-0.2, 0) is 0 Å². The van der Waals surface area contributed by atoms with Crippen LogP contribution in [0.25, 0.3) is 0 Å². The first-order valence-corrected chi connectivity index (χ1v) is 7.93. The van der Waals surface area contributed by atoms with Gasteiger partial charge in [0.05, 0.1) is 11.0 Å². The maximum Gasteiger partial charge on any atom is 0.269 e. The van der Waals surface area contributed by atoms with E-state index in [1.807, 2.05) is 18.2 Å². The van der Waals surface area contributed by atoms with E-state index in [-0.39, 0.29) is 11.8 Å². The molecule has 0 aliphatic heterocycles. The number of ether oxygens (including phenoxy) is 1. The largest absolute Gasteiger partial charge is 0.490 e. The summed E-state index contributed by atoms with van der Waals surface area (Å²) in [5.41, 5.74) is 1.25. The molecular weight excluding hydrogens is 292 g/mol. The van der Waals surface area contributed by atoms with Gasteiger partial charge in [-0.1, -0.05) is 18.2 Å². The lowest BCUT2D eigenvalue weighted by Crippen LogP contribution is -2.31. The van der Waals surface area contributed by atoms with Crippen LogP contribution in [0.4, 0.5) is 11.4 Å². The molecule has 1 aliphatic carbocycles. The molecule has 0 radical (unpaired) electrons. The van der Waals surface area contributed by atoms with Crippen molar-refractivity contribution in [3.8, 4) is 5.75 Å². The van der Waals surface area contributed by atoms with Crippen molar-refractivity contribution in [1.29, 1.82) is 0 Å². The number of nitrogens with zero attached hydrogens (tertiary/aromatic N) is 1. The lowest BCUT2D eigenvalue weighted by Gasteiger charge is -2.30. The van der Waals surface area contributed by atoms with Crippen LogP contribution < -0.4 is 10.1 Å². The summed E-state index contributed by atoms with van der Waals surface area (Å²) in [5, 5.41) is 14.2. The van der Waals surface area contributed by atoms with Crippen LogP contribution in [0.5, 0.6) is 5.75 Å². The monoisotopic (exact) mass is 312 g/mol. The van der Waals surface area contributed by atoms with Crippen LogP contribution in [0.3, 0.4) is 0 Å². The van der Waals surface area contributed by atoms with Gasteiger partial charge in [-0.3, -0.25) is 10.1 Å². The van der Waals surface area contributed by atoms with Crippen molar-refractivity contribution in [2.75, 3.05) is 5.32 Å². The number of nitro groups is 1. The average Bonchev–Trinajstić information content (AvgIpc) is 2.58. The number of hydrogen-bond donors (Lipinski definition) is 1. The van der Waals surface area contributed by atoms with Crippen molar-refractivity contribution in [2.24, 2.45) is 0 Å². The molecule has 5 nitrogen and oxygen atoms in total. The minimum absolute atomic E-state index is 0.0909. The van der Waals surface area contributed by atoms with Crippen molar-refractivity contribution < 1.29 is 9.66 Å². The number of anilines is 1. The van der Waals surface area contributed by atoms with Gasteiger partial charge in [0.1, 0.15) is 5.75 Å². The molecule has 0 spiro atoms. The van der Waals surface area contributed by atoms with E-state index in [1.165, 1.54) is 12.1 Å². The van der Waals surface area contributed by atoms with Crippen molar-refractivity contribution in [2.45, 2.75) is 37.8 Å². The van der Waals surface area contributed by atoms with E-state index < -0.39 is 4.92 Å². The Morgan fingerprint density at radius 1 is 0.957 bits per heavy atom. The van der Waals surface area contributed by atoms with E-state index in [9.17, 15) is 10.1 Å². The molecule has 2 aromatic carbocycles. The number of para-hydroxylation sites is 1. The number of nitrogens with one attached hydrogen (secondary N) is 1. The van der Waals surface area contributed by atoms with Gasteiger partial charge in [0, 0.05) is 23.9 Å². The molecule has 23 heavy (non-hydrogen) atoms. The molecule has 1 saturated carbocycles. The highest BCUT2D eigenvalue weighted by Gasteiger charge is 2.22. The Labute approximate surface area is 135 Å². The molecule has 0 heterocycles. The third-order valence-electron chi connectivity index (χ3n) is 4.17. The van der Waals surface area contributed by atoms with Gasteiger partial charge in [-0.25, -0.2) is 0 Å². The van der Waals surface area contributed by atoms with Gasteiger partial charge in [0.15, 0.2) is 0 Å². The zero-order chi connectivity index (χ0) is 16.1. The van der Waals surface area contributed by atoms with Crippen LogP contribution in [0.2, 0.25) is 0 Å². The first-order valence-electron chi connectivity index (χ1n) is 7.93. The number of hydrogen-bond acceptors (Lipinski definition) is 4. The van der Waals surface area contributed by atoms with Crippen LogP contribution in [-0.4, -0.2) is 17.1 Å². The van der Waals surface area contributed by atoms with E-state index in [2.05, 4.69) is 17.4 Å². The molecule has 1 fully saturated rings. The minimum Gasteiger partial charge on any atom is -0.490 e. The molecule has 0 atom stereocenters. The molecule has 0 amide bonds. The molecular formula is C18H20N2O3. The maximum absolute atomic E-state index is 10.6. The summed E-state index contributed by atoms with van der Waals surface area (Å²) in [4.78, 5) is 10.2. The topological polar surface area (TPSA) is 64.4 Å². The molecule has 3 rings (SSSR count). The van der Waals surface area contributed by atoms with Crippen LogP contribution >= 0.6 is 0 Å². The Balaban J connectivity index is 1.48. The molecule has 0 saturated heterocycles. The van der Waals surface area contributed by atoms with Crippen molar-refractivity contribution >= 4 is 11.4 Å². The summed E-state index contributed by atoms with van der Waals surface area (Å²) in [7, 11) is 0. The van der Waals surface area contributed by atoms with Gasteiger partial charge in [0.2, 0.25) is 0 Å². The second-order valence-electron chi connectivity index (χ2n) is 5.85. The first kappa shape index (κ1) is 15.3. The summed E-state index contributed by atoms with van der Waals surface area (Å²) in [6.45, 7) is 0. The molecule has 0 bridgehead atoms. The SMILES string of the molecule is O=[N+]([O-])c1ccc(OC2CCC(Nc3ccccc3)CC2)cc1. The molecule has 1 aliphatic rings. The predicted octanol–water partition coefficient (Wildman–Crippen LogP) is 4.40. The molecule has 120 valence electrons. The molecule has 0 aromatic heterocycles. The smallest absolute Gasteiger partial charge is 0.269 e. The summed E-state index contributed by atoms with van der Waals surface area (Å²) in [6, 6.07) is 17.0. The number of benzene rings is 2. The zero-order valence-corrected chi connectivity index (χ0v) is 12.9. The number of non-ortho nitro benzene ring substituents is 1. The highest BCUT2D eigenvalue weighted by Crippen LogP contribution is 2.26. The van der Waals surface area contributed by atoms with E-state index in [0.29, 0.717) is 11.8 Å². The molecule has 5 heteroatoms. The molecule has 2 aromatic rings. The summed E-state index contributed by atoms with van der Waals surface area (Å²) >= 11 is 0. The van der Waals surface area contributed by atoms with Gasteiger partial charge in [-0.15, -0.1) is 0 Å². The Bertz CT molecular complexity index is 635. The third-order valence-corrected chi connectivity index (χ3v) is 4.17. The zero-order valence-electron chi connectivity index (χ0n) is 12.9. The fourth-order valence-electron chi connectivity index (χ4n) is 2.93. The van der Waals surface area contributed by atoms with Gasteiger partial charge >= 0.3 is 0 Å². The van der Waals surface area contributed by atoms with E-state index in [0.717, 1.165) is 31.4 Å². The van der Waals surface area contributed by atoms with Crippen molar-refractivity contribution in [1.82, 2.24) is 0 Å². The predicted molar refractivity (Wildman–Crippen MR) is 89.8 cm³/mol. The van der Waals surface area contributed by atoms with E-state index >= 15 is 0 Å². The lowest BCUT2D eigenvalue weighted by molar-refractivity contribution is -0.384. The molecule has 0 unspecified atom stereocenters. The third kappa shape index (κ3) is 4.22. The highest BCUT2D eigenvalue weighted by atomic mass is 16.6. The summed E-state index contributed by atoms with van der Waals surface area (Å²) in [5.74, 6) is 0.704. The quantitative estimate of drug-likeness (QED) is 0.656. The highest BCUT2D eigenvalue weighted by molar-refractivity contribution is 5.43. The normalized spacial score (nSPS) is 20.7. The molecule has 1 N–H and O–H groups in total. The Kier molecular flexibility index (Phi) is 4.76. The second-order valence-corrected chi connectivity index (χ2v) is 5.85. The van der Waals surface area contributed by atoms with Crippen LogP contribution in [0, 0.1) is 10.1 Å². The fraction of sp³-hybridized carbons (Fsp3) is 0.333. The van der Waals surface area contributed by atoms with Gasteiger partial charge in [-0.2, -0.15) is 0 Å². The van der Waals surface area contributed by atoms with Gasteiger partial charge < -0.3 is 10.1 Å². The lowest BCUT2D eigenvalue weighted by atomic mass is 9.92. The average molecular weight is 312 g/mol. The Morgan fingerprint density at radius 2 is 1.61 bits per heavy atom. The minimum atomic E-state index is -0.399. The summed E-state index contributed by atoms with van der Waals surface area (Å²) < 4.78 is 5.94. The number of nitro benzene ring substituents is 1. The van der Waals surface area contributed by atoms with Crippen molar-refractivity contribution in [3.63, 3.8) is 0 Å². The van der Waals surface area contributed by atoms with Gasteiger partial charge in [0.25, 0.3) is 5.69 Å². The fourth-order valence-corrected chi connectivity index (χ4v) is 2.93. The number of rotatable bonds is 5. The van der Waals surface area contributed by atoms with E-state index in [4.69, 9.17) is 4.74 Å². The summed E-state index contributed by atoms with van der Waals surface area (Å²) in [6.07, 6.45) is 4.28. The van der Waals surface area contributed by atoms with Crippen molar-refractivity contribution in [3.05, 3.63) is 64.7 Å². The van der Waals surface area contributed by atoms with Crippen LogP contribution in [0.15, 0.2) is 54.6 Å². The van der Waals surface area contributed by atoms with E-state index in [1.54, 1.807) is 12.1 Å². The first-order chi connectivity index (χ1) is 11.2. The van der Waals surface area contributed by atoms with Crippen LogP contribution in [0.1, 0.15) is 25.7 Å². The standard InChI is InChI=1S/C18H20N2O3/c21-20(22)16-8-12-18(13-9-16)23-17-10-6-15(7-11-17)19-14-4-2-1-3-5-14/h1-5,8-9,12-13,15,17,19H,6-7,10-11H2. The maximum atomic E-state index is 10.6. The van der Waals surface area contributed by atoms with Gasteiger partial charge in [-0.05, 0) is 49.9 Å². The Morgan fingerprint density at radius 3 is 2.22 bits per heavy atom. The Hall–Kier alpha value is -2.56. The second kappa shape index (κ2) is 7.13.